The topological polar surface area (TPSA) is 93.0 Å². The van der Waals surface area contributed by atoms with Gasteiger partial charge in [-0.3, -0.25) is 10.1 Å². The van der Waals surface area contributed by atoms with E-state index in [1.54, 1.807) is 0 Å². The Kier molecular flexibility index (Phi) is 4.70. The van der Waals surface area contributed by atoms with Gasteiger partial charge in [0, 0.05) is 12.6 Å². The second-order valence-corrected chi connectivity index (χ2v) is 5.18. The largest absolute Gasteiger partial charge is 0.364 e. The van der Waals surface area contributed by atoms with Crippen LogP contribution in [0.15, 0.2) is 6.33 Å². The second-order valence-electron chi connectivity index (χ2n) is 5.18. The summed E-state index contributed by atoms with van der Waals surface area (Å²) >= 11 is 0. The lowest BCUT2D eigenvalue weighted by atomic mass is 10.00. The van der Waals surface area contributed by atoms with E-state index in [1.165, 1.54) is 32.0 Å². The molecule has 1 heterocycles. The third-order valence-electron chi connectivity index (χ3n) is 3.82. The molecule has 0 amide bonds. The highest BCUT2D eigenvalue weighted by molar-refractivity contribution is 5.69. The van der Waals surface area contributed by atoms with Crippen molar-refractivity contribution in [1.82, 2.24) is 9.97 Å². The van der Waals surface area contributed by atoms with Crippen LogP contribution in [0, 0.1) is 16.0 Å². The molecule has 7 heteroatoms. The lowest BCUT2D eigenvalue weighted by Crippen LogP contribution is -2.25. The van der Waals surface area contributed by atoms with Crippen LogP contribution in [0.1, 0.15) is 39.5 Å². The summed E-state index contributed by atoms with van der Waals surface area (Å²) in [5.74, 6) is 1.14. The molecule has 0 bridgehead atoms. The molecule has 20 heavy (non-hydrogen) atoms. The summed E-state index contributed by atoms with van der Waals surface area (Å²) < 4.78 is 0. The molecule has 0 aliphatic heterocycles. The Balaban J connectivity index is 2.21. The fraction of sp³-hybridized carbons (Fsp3) is 0.692. The fourth-order valence-corrected chi connectivity index (χ4v) is 2.75. The van der Waals surface area contributed by atoms with Crippen LogP contribution in [-0.2, 0) is 0 Å². The van der Waals surface area contributed by atoms with Crippen LogP contribution in [0.3, 0.4) is 0 Å². The third-order valence-corrected chi connectivity index (χ3v) is 3.82. The van der Waals surface area contributed by atoms with Gasteiger partial charge in [0.15, 0.2) is 0 Å². The number of aromatic nitrogens is 2. The summed E-state index contributed by atoms with van der Waals surface area (Å²) in [5.41, 5.74) is -0.0702. The molecule has 110 valence electrons. The number of hydrogen-bond acceptors (Lipinski definition) is 6. The van der Waals surface area contributed by atoms with Crippen LogP contribution < -0.4 is 10.6 Å². The highest BCUT2D eigenvalue weighted by atomic mass is 16.6. The molecule has 1 aliphatic rings. The molecule has 1 atom stereocenters. The molecular weight excluding hydrogens is 258 g/mol. The van der Waals surface area contributed by atoms with E-state index in [9.17, 15) is 10.1 Å². The normalized spacial score (nSPS) is 16.9. The zero-order valence-electron chi connectivity index (χ0n) is 11.9. The average molecular weight is 279 g/mol. The van der Waals surface area contributed by atoms with Crippen molar-refractivity contribution >= 4 is 17.3 Å². The van der Waals surface area contributed by atoms with E-state index >= 15 is 0 Å². The number of nitrogens with one attached hydrogen (secondary N) is 2. The third kappa shape index (κ3) is 3.15. The van der Waals surface area contributed by atoms with Gasteiger partial charge in [-0.15, -0.1) is 0 Å². The van der Waals surface area contributed by atoms with Gasteiger partial charge in [0.05, 0.1) is 4.92 Å². The van der Waals surface area contributed by atoms with Crippen LogP contribution >= 0.6 is 0 Å². The molecule has 1 unspecified atom stereocenters. The summed E-state index contributed by atoms with van der Waals surface area (Å²) in [7, 11) is 0. The highest BCUT2D eigenvalue weighted by Gasteiger charge is 2.27. The van der Waals surface area contributed by atoms with Crippen LogP contribution in [-0.4, -0.2) is 27.5 Å². The van der Waals surface area contributed by atoms with Gasteiger partial charge < -0.3 is 10.6 Å². The first kappa shape index (κ1) is 14.5. The standard InChI is InChI=1S/C13H21N5O2/c1-3-14-12-11(18(19)20)13(16-8-15-12)17-9(2)10-6-4-5-7-10/h8-10H,3-7H2,1-2H3,(H2,14,15,16,17). The molecule has 1 aromatic heterocycles. The predicted octanol–water partition coefficient (Wildman–Crippen LogP) is 2.81. The maximum absolute atomic E-state index is 11.3. The van der Waals surface area contributed by atoms with Crippen LogP contribution in [0.5, 0.6) is 0 Å². The van der Waals surface area contributed by atoms with Gasteiger partial charge in [-0.1, -0.05) is 12.8 Å². The molecule has 1 aromatic rings. The van der Waals surface area contributed by atoms with E-state index in [0.717, 1.165) is 0 Å². The first-order valence-corrected chi connectivity index (χ1v) is 7.13. The lowest BCUT2D eigenvalue weighted by molar-refractivity contribution is -0.383. The van der Waals surface area contributed by atoms with Crippen molar-refractivity contribution in [3.05, 3.63) is 16.4 Å². The summed E-state index contributed by atoms with van der Waals surface area (Å²) in [6, 6.07) is 0.181. The Morgan fingerprint density at radius 3 is 2.65 bits per heavy atom. The lowest BCUT2D eigenvalue weighted by Gasteiger charge is -2.20. The Morgan fingerprint density at radius 1 is 1.40 bits per heavy atom. The quantitative estimate of drug-likeness (QED) is 0.614. The average Bonchev–Trinajstić information content (AvgIpc) is 2.92. The molecule has 0 saturated heterocycles. The highest BCUT2D eigenvalue weighted by Crippen LogP contribution is 2.33. The predicted molar refractivity (Wildman–Crippen MR) is 77.9 cm³/mol. The van der Waals surface area contributed by atoms with Crippen molar-refractivity contribution < 1.29 is 4.92 Å². The number of nitrogens with zero attached hydrogens (tertiary/aromatic N) is 3. The minimum absolute atomic E-state index is 0.0702. The molecular formula is C13H21N5O2. The molecule has 1 fully saturated rings. The van der Waals surface area contributed by atoms with Gasteiger partial charge in [0.1, 0.15) is 6.33 Å². The zero-order valence-corrected chi connectivity index (χ0v) is 11.9. The Labute approximate surface area is 118 Å². The van der Waals surface area contributed by atoms with Crippen LogP contribution in [0.4, 0.5) is 17.3 Å². The Morgan fingerprint density at radius 2 is 2.05 bits per heavy atom. The minimum Gasteiger partial charge on any atom is -0.364 e. The first-order chi connectivity index (χ1) is 9.63. The molecule has 1 aliphatic carbocycles. The van der Waals surface area contributed by atoms with E-state index in [0.29, 0.717) is 18.3 Å². The van der Waals surface area contributed by atoms with E-state index in [-0.39, 0.29) is 17.5 Å². The van der Waals surface area contributed by atoms with Gasteiger partial charge in [-0.05, 0) is 32.6 Å². The van der Waals surface area contributed by atoms with E-state index in [4.69, 9.17) is 0 Å². The van der Waals surface area contributed by atoms with Crippen molar-refractivity contribution in [2.24, 2.45) is 5.92 Å². The van der Waals surface area contributed by atoms with Crippen LogP contribution in [0.2, 0.25) is 0 Å². The molecule has 7 nitrogen and oxygen atoms in total. The van der Waals surface area contributed by atoms with Gasteiger partial charge in [0.25, 0.3) is 0 Å². The van der Waals surface area contributed by atoms with E-state index in [2.05, 4.69) is 27.5 Å². The SMILES string of the molecule is CCNc1ncnc(NC(C)C2CCCC2)c1[N+](=O)[O-]. The van der Waals surface area contributed by atoms with E-state index in [1.807, 2.05) is 6.92 Å². The van der Waals surface area contributed by atoms with Crippen molar-refractivity contribution in [3.63, 3.8) is 0 Å². The van der Waals surface area contributed by atoms with E-state index < -0.39 is 4.92 Å². The monoisotopic (exact) mass is 279 g/mol. The van der Waals surface area contributed by atoms with Crippen molar-refractivity contribution in [3.8, 4) is 0 Å². The van der Waals surface area contributed by atoms with Gasteiger partial charge in [-0.25, -0.2) is 9.97 Å². The smallest absolute Gasteiger partial charge is 0.353 e. The summed E-state index contributed by atoms with van der Waals surface area (Å²) in [5, 5.41) is 17.4. The number of anilines is 2. The summed E-state index contributed by atoms with van der Waals surface area (Å²) in [6.45, 7) is 4.52. The van der Waals surface area contributed by atoms with Gasteiger partial charge >= 0.3 is 5.69 Å². The fourth-order valence-electron chi connectivity index (χ4n) is 2.75. The van der Waals surface area contributed by atoms with Gasteiger partial charge in [0.2, 0.25) is 11.6 Å². The summed E-state index contributed by atoms with van der Waals surface area (Å²) in [4.78, 5) is 18.8. The zero-order chi connectivity index (χ0) is 14.5. The Hall–Kier alpha value is -1.92. The first-order valence-electron chi connectivity index (χ1n) is 7.13. The summed E-state index contributed by atoms with van der Waals surface area (Å²) in [6.07, 6.45) is 6.19. The second kappa shape index (κ2) is 6.49. The Bertz CT molecular complexity index is 474. The van der Waals surface area contributed by atoms with Crippen molar-refractivity contribution in [1.29, 1.82) is 0 Å². The van der Waals surface area contributed by atoms with Crippen LogP contribution in [0.25, 0.3) is 0 Å². The number of hydrogen-bond donors (Lipinski definition) is 2. The molecule has 2 N–H and O–H groups in total. The number of rotatable bonds is 6. The molecule has 2 rings (SSSR count). The number of nitro groups is 1. The van der Waals surface area contributed by atoms with Gasteiger partial charge in [-0.2, -0.15) is 0 Å². The van der Waals surface area contributed by atoms with Crippen molar-refractivity contribution in [2.45, 2.75) is 45.6 Å². The molecule has 1 saturated carbocycles. The maximum Gasteiger partial charge on any atom is 0.353 e. The molecule has 0 aromatic carbocycles. The molecule has 0 radical (unpaired) electrons. The minimum atomic E-state index is -0.429. The molecule has 0 spiro atoms. The van der Waals surface area contributed by atoms with Crippen molar-refractivity contribution in [2.75, 3.05) is 17.2 Å². The maximum atomic E-state index is 11.3.